The van der Waals surface area contributed by atoms with Crippen LogP contribution in [-0.4, -0.2) is 26.0 Å². The van der Waals surface area contributed by atoms with Crippen LogP contribution in [0.3, 0.4) is 0 Å². The molecule has 0 aliphatic rings. The van der Waals surface area contributed by atoms with Gasteiger partial charge < -0.3 is 34.6 Å². The molecule has 0 spiro atoms. The van der Waals surface area contributed by atoms with Crippen LogP contribution >= 0.6 is 0 Å². The van der Waals surface area contributed by atoms with Gasteiger partial charge in [0.15, 0.2) is 0 Å². The van der Waals surface area contributed by atoms with Crippen LogP contribution in [0.5, 0.6) is 0 Å². The molecule has 0 amide bonds. The molecule has 0 aromatic heterocycles. The molecular formula is C12H30NO2Ta. The van der Waals surface area contributed by atoms with Gasteiger partial charge in [-0.2, -0.15) is 27.7 Å². The summed E-state index contributed by atoms with van der Waals surface area (Å²) in [6.07, 6.45) is 0. The van der Waals surface area contributed by atoms with Crippen LogP contribution in [0.25, 0.3) is 0 Å². The standard InChI is InChI=1S/C4H10NO2.4C2H5.Ta/c1-4-5(6-2)7-3;4*1-2;/h1,4H2,2-3H3;4*1H2,2H3;/q5*-1;+5. The Morgan fingerprint density at radius 2 is 0.938 bits per heavy atom. The quantitative estimate of drug-likeness (QED) is 0.533. The summed E-state index contributed by atoms with van der Waals surface area (Å²) in [5.41, 5.74) is 0. The summed E-state index contributed by atoms with van der Waals surface area (Å²) in [6, 6.07) is 0. The third-order valence-electron chi connectivity index (χ3n) is 0.590. The molecule has 100 valence electrons. The summed E-state index contributed by atoms with van der Waals surface area (Å²) >= 11 is 0. The zero-order valence-electron chi connectivity index (χ0n) is 12.0. The molecule has 0 radical (unpaired) electrons. The van der Waals surface area contributed by atoms with Crippen molar-refractivity contribution in [2.45, 2.75) is 27.7 Å². The van der Waals surface area contributed by atoms with Gasteiger partial charge in [-0.15, -0.1) is 0 Å². The van der Waals surface area contributed by atoms with Gasteiger partial charge in [-0.3, -0.25) is 9.68 Å². The zero-order chi connectivity index (χ0) is 13.7. The fraction of sp³-hybridized carbons (Fsp3) is 0.583. The van der Waals surface area contributed by atoms with Gasteiger partial charge in [-0.25, -0.2) is 0 Å². The zero-order valence-corrected chi connectivity index (χ0v) is 15.2. The maximum Gasteiger partial charge on any atom is 5.00 e. The van der Waals surface area contributed by atoms with Crippen molar-refractivity contribution in [1.82, 2.24) is 5.23 Å². The van der Waals surface area contributed by atoms with Crippen LogP contribution in [0.4, 0.5) is 0 Å². The molecule has 0 saturated heterocycles. The summed E-state index contributed by atoms with van der Waals surface area (Å²) < 4.78 is 0. The van der Waals surface area contributed by atoms with Crippen LogP contribution < -0.4 is 0 Å². The molecule has 0 N–H and O–H groups in total. The first-order valence-corrected chi connectivity index (χ1v) is 4.83. The first-order valence-electron chi connectivity index (χ1n) is 4.83. The molecule has 0 aromatic carbocycles. The van der Waals surface area contributed by atoms with Gasteiger partial charge in [0.1, 0.15) is 0 Å². The summed E-state index contributed by atoms with van der Waals surface area (Å²) in [6.45, 7) is 24.0. The van der Waals surface area contributed by atoms with Crippen LogP contribution in [0.2, 0.25) is 0 Å². The second-order valence-electron chi connectivity index (χ2n) is 0.921. The molecule has 0 aliphatic carbocycles. The Morgan fingerprint density at radius 3 is 0.938 bits per heavy atom. The van der Waals surface area contributed by atoms with Crippen molar-refractivity contribution >= 4 is 0 Å². The topological polar surface area (TPSA) is 21.7 Å². The van der Waals surface area contributed by atoms with Crippen molar-refractivity contribution in [3.05, 3.63) is 34.6 Å². The van der Waals surface area contributed by atoms with Gasteiger partial charge in [-0.05, 0) is 0 Å². The van der Waals surface area contributed by atoms with Gasteiger partial charge in [0.05, 0.1) is 14.2 Å². The molecule has 0 aliphatic heterocycles. The second kappa shape index (κ2) is 76.2. The molecule has 16 heavy (non-hydrogen) atoms. The molecule has 0 saturated carbocycles. The number of hydrogen-bond donors (Lipinski definition) is 0. The Morgan fingerprint density at radius 1 is 0.750 bits per heavy atom. The maximum absolute atomic E-state index is 4.60. The van der Waals surface area contributed by atoms with E-state index in [1.165, 1.54) is 19.4 Å². The van der Waals surface area contributed by atoms with Crippen LogP contribution in [0.1, 0.15) is 27.7 Å². The molecule has 0 fully saturated rings. The van der Waals surface area contributed by atoms with Crippen molar-refractivity contribution < 1.29 is 32.1 Å². The van der Waals surface area contributed by atoms with E-state index in [1.807, 2.05) is 0 Å². The molecule has 3 nitrogen and oxygen atoms in total. The van der Waals surface area contributed by atoms with Crippen molar-refractivity contribution in [2.75, 3.05) is 20.8 Å². The minimum atomic E-state index is 0. The fourth-order valence-corrected chi connectivity index (χ4v) is 0.257. The van der Waals surface area contributed by atoms with Gasteiger partial charge in [0.2, 0.25) is 0 Å². The average Bonchev–Trinajstić information content (AvgIpc) is 2.41. The number of hydroxylamine groups is 2. The minimum Gasteiger partial charge on any atom is -0.346 e. The monoisotopic (exact) mass is 401 g/mol. The Bertz CT molecular complexity index is 40.5. The van der Waals surface area contributed by atoms with E-state index in [2.05, 4.69) is 44.3 Å². The number of nitrogens with zero attached hydrogens (tertiary/aromatic N) is 1. The fourth-order valence-electron chi connectivity index (χ4n) is 0.257. The van der Waals surface area contributed by atoms with E-state index >= 15 is 0 Å². The Kier molecular flexibility index (Phi) is 171. The Hall–Kier alpha value is 0.620. The summed E-state index contributed by atoms with van der Waals surface area (Å²) in [5, 5.41) is 1.26. The molecule has 0 rings (SSSR count). The van der Waals surface area contributed by atoms with Crippen LogP contribution in [0, 0.1) is 34.6 Å². The number of hydrogen-bond acceptors (Lipinski definition) is 3. The number of rotatable bonds is 3. The second-order valence-corrected chi connectivity index (χ2v) is 0.921. The first-order chi connectivity index (χ1) is 7.35. The van der Waals surface area contributed by atoms with Gasteiger partial charge >= 0.3 is 22.4 Å². The largest absolute Gasteiger partial charge is 5.00 e. The molecule has 0 bridgehead atoms. The molecule has 0 atom stereocenters. The summed E-state index contributed by atoms with van der Waals surface area (Å²) in [7, 11) is 3.04. The van der Waals surface area contributed by atoms with Crippen molar-refractivity contribution in [3.8, 4) is 0 Å². The maximum atomic E-state index is 4.60. The van der Waals surface area contributed by atoms with E-state index in [-0.39, 0.29) is 22.4 Å². The van der Waals surface area contributed by atoms with E-state index in [9.17, 15) is 0 Å². The first kappa shape index (κ1) is 36.0. The van der Waals surface area contributed by atoms with E-state index < -0.39 is 0 Å². The smallest absolute Gasteiger partial charge is 0.346 e. The Labute approximate surface area is 120 Å². The molecule has 0 heterocycles. The van der Waals surface area contributed by atoms with Gasteiger partial charge in [-0.1, -0.05) is 11.8 Å². The van der Waals surface area contributed by atoms with E-state index in [0.29, 0.717) is 6.54 Å². The molecular weight excluding hydrogens is 371 g/mol. The van der Waals surface area contributed by atoms with Crippen LogP contribution in [0.15, 0.2) is 0 Å². The minimum absolute atomic E-state index is 0. The third kappa shape index (κ3) is 61.9. The average molecular weight is 401 g/mol. The molecule has 4 heteroatoms. The summed E-state index contributed by atoms with van der Waals surface area (Å²) in [4.78, 5) is 9.19. The summed E-state index contributed by atoms with van der Waals surface area (Å²) in [5.74, 6) is 0. The van der Waals surface area contributed by atoms with E-state index in [1.54, 1.807) is 27.7 Å². The van der Waals surface area contributed by atoms with Crippen LogP contribution in [-0.2, 0) is 32.1 Å². The van der Waals surface area contributed by atoms with E-state index in [4.69, 9.17) is 0 Å². The SMILES string of the molecule is [CH2-]C.[CH2-]C.[CH2-]C.[CH2-]C.[CH2-]CN(OC)OC.[Ta+5]. The van der Waals surface area contributed by atoms with Gasteiger partial charge in [0.25, 0.3) is 0 Å². The third-order valence-corrected chi connectivity index (χ3v) is 0.590. The van der Waals surface area contributed by atoms with E-state index in [0.717, 1.165) is 0 Å². The Balaban J connectivity index is -0.0000000238. The molecule has 0 unspecified atom stereocenters. The van der Waals surface area contributed by atoms with Gasteiger partial charge in [0, 0.05) is 0 Å². The van der Waals surface area contributed by atoms with Crippen molar-refractivity contribution in [2.24, 2.45) is 0 Å². The van der Waals surface area contributed by atoms with Crippen molar-refractivity contribution in [3.63, 3.8) is 0 Å². The van der Waals surface area contributed by atoms with Crippen molar-refractivity contribution in [1.29, 1.82) is 0 Å². The predicted molar refractivity (Wildman–Crippen MR) is 70.2 cm³/mol. The normalized spacial score (nSPS) is 6.00. The molecule has 0 aromatic rings. The predicted octanol–water partition coefficient (Wildman–Crippen LogP) is 3.60.